The van der Waals surface area contributed by atoms with Gasteiger partial charge in [-0.2, -0.15) is 5.10 Å². The molecular weight excluding hydrogens is 508 g/mol. The van der Waals surface area contributed by atoms with E-state index in [2.05, 4.69) is 43.3 Å². The normalized spacial score (nSPS) is 14.3. The van der Waals surface area contributed by atoms with E-state index in [1.54, 1.807) is 19.3 Å². The smallest absolute Gasteiger partial charge is 0.169 e. The molecule has 1 aliphatic rings. The quantitative estimate of drug-likeness (QED) is 0.219. The number of carbonyl (C=O) groups excluding carboxylic acids is 1. The number of hydrogen-bond donors (Lipinski definition) is 2. The molecule has 0 radical (unpaired) electrons. The van der Waals surface area contributed by atoms with Gasteiger partial charge in [0.05, 0.1) is 33.1 Å². The van der Waals surface area contributed by atoms with Crippen molar-refractivity contribution in [1.29, 1.82) is 0 Å². The molecule has 6 aromatic rings. The van der Waals surface area contributed by atoms with Gasteiger partial charge in [-0.15, -0.1) is 11.3 Å². The van der Waals surface area contributed by atoms with Gasteiger partial charge < -0.3 is 9.72 Å². The van der Waals surface area contributed by atoms with Crippen molar-refractivity contribution in [2.24, 2.45) is 0 Å². The number of ether oxygens (including phenoxy) is 1. The molecule has 0 unspecified atom stereocenters. The average molecular weight is 535 g/mol. The molecule has 5 aromatic heterocycles. The third-order valence-electron chi connectivity index (χ3n) is 7.28. The Morgan fingerprint density at radius 1 is 0.974 bits per heavy atom. The Labute approximate surface area is 228 Å². The summed E-state index contributed by atoms with van der Waals surface area (Å²) in [5.41, 5.74) is 6.01. The second-order valence-corrected chi connectivity index (χ2v) is 11.1. The number of thiophene rings is 1. The number of ketones is 1. The number of aromatic amines is 2. The van der Waals surface area contributed by atoms with Crippen molar-refractivity contribution in [3.63, 3.8) is 0 Å². The summed E-state index contributed by atoms with van der Waals surface area (Å²) in [6.07, 6.45) is 11.6. The number of imidazole rings is 1. The third-order valence-corrected chi connectivity index (χ3v) is 8.47. The number of H-pyrrole nitrogens is 2. The van der Waals surface area contributed by atoms with Gasteiger partial charge in [0, 0.05) is 23.3 Å². The van der Waals surface area contributed by atoms with E-state index in [9.17, 15) is 4.79 Å². The number of fused-ring (bicyclic) bond motifs is 2. The molecule has 0 atom stereocenters. The monoisotopic (exact) mass is 534 g/mol. The number of Topliss-reactive ketones (excluding diaryl/α,β-unsaturated/α-hetero) is 1. The van der Waals surface area contributed by atoms with Crippen molar-refractivity contribution in [3.05, 3.63) is 65.9 Å². The minimum absolute atomic E-state index is 0.0428. The average Bonchev–Trinajstić information content (AvgIpc) is 3.71. The fraction of sp³-hybridized carbons (Fsp3) is 0.233. The van der Waals surface area contributed by atoms with E-state index < -0.39 is 0 Å². The lowest BCUT2D eigenvalue weighted by atomic mass is 9.98. The topological polar surface area (TPSA) is 109 Å². The zero-order chi connectivity index (χ0) is 26.3. The minimum atomic E-state index is 0.0428. The standard InChI is InChI=1S/C30H26N6O2S/c1-17(37)25-9-10-26(39-25)29-28-24(11-12-32-29)33-30(34-28)27-22-14-18(7-8-23(22)35-36-27)19-13-21(16-31-15-19)38-20-5-3-2-4-6-20/h7-16,20H,2-6H2,1H3,(H,33,34)(H,35,36). The first-order valence-corrected chi connectivity index (χ1v) is 14.0. The van der Waals surface area contributed by atoms with Gasteiger partial charge in [0.15, 0.2) is 11.6 Å². The number of carbonyl (C=O) groups is 1. The van der Waals surface area contributed by atoms with E-state index in [1.165, 1.54) is 30.6 Å². The van der Waals surface area contributed by atoms with Crippen LogP contribution in [0.25, 0.3) is 55.2 Å². The summed E-state index contributed by atoms with van der Waals surface area (Å²) >= 11 is 1.43. The Morgan fingerprint density at radius 3 is 2.72 bits per heavy atom. The van der Waals surface area contributed by atoms with Gasteiger partial charge >= 0.3 is 0 Å². The van der Waals surface area contributed by atoms with E-state index in [-0.39, 0.29) is 11.9 Å². The Kier molecular flexibility index (Phi) is 5.93. The summed E-state index contributed by atoms with van der Waals surface area (Å²) in [6, 6.07) is 13.9. The van der Waals surface area contributed by atoms with Crippen LogP contribution in [0, 0.1) is 0 Å². The Balaban J connectivity index is 1.25. The van der Waals surface area contributed by atoms with Crippen LogP contribution < -0.4 is 4.74 Å². The number of pyridine rings is 2. The first-order valence-electron chi connectivity index (χ1n) is 13.2. The Morgan fingerprint density at radius 2 is 1.87 bits per heavy atom. The molecule has 9 heteroatoms. The molecule has 194 valence electrons. The van der Waals surface area contributed by atoms with E-state index in [4.69, 9.17) is 9.72 Å². The highest BCUT2D eigenvalue weighted by atomic mass is 32.1. The first-order chi connectivity index (χ1) is 19.1. The maximum Gasteiger partial charge on any atom is 0.169 e. The fourth-order valence-corrected chi connectivity index (χ4v) is 6.17. The minimum Gasteiger partial charge on any atom is -0.489 e. The van der Waals surface area contributed by atoms with E-state index in [1.807, 2.05) is 30.5 Å². The highest BCUT2D eigenvalue weighted by Gasteiger charge is 2.19. The van der Waals surface area contributed by atoms with Gasteiger partial charge in [-0.3, -0.25) is 19.9 Å². The maximum atomic E-state index is 11.8. The second-order valence-electron chi connectivity index (χ2n) is 9.98. The largest absolute Gasteiger partial charge is 0.489 e. The maximum absolute atomic E-state index is 11.8. The molecule has 1 saturated carbocycles. The molecule has 0 saturated heterocycles. The number of rotatable bonds is 6. The van der Waals surface area contributed by atoms with Gasteiger partial charge in [0.2, 0.25) is 0 Å². The summed E-state index contributed by atoms with van der Waals surface area (Å²) in [5.74, 6) is 1.51. The molecule has 1 fully saturated rings. The summed E-state index contributed by atoms with van der Waals surface area (Å²) in [7, 11) is 0. The first kappa shape index (κ1) is 23.7. The zero-order valence-corrected chi connectivity index (χ0v) is 22.2. The van der Waals surface area contributed by atoms with Crippen LogP contribution in [0.15, 0.2) is 61.1 Å². The van der Waals surface area contributed by atoms with Gasteiger partial charge in [0.1, 0.15) is 22.7 Å². The number of aromatic nitrogens is 6. The van der Waals surface area contributed by atoms with Crippen LogP contribution >= 0.6 is 11.3 Å². The van der Waals surface area contributed by atoms with E-state index >= 15 is 0 Å². The molecule has 0 spiro atoms. The number of nitrogens with one attached hydrogen (secondary N) is 2. The number of nitrogens with zero attached hydrogens (tertiary/aromatic N) is 4. The molecule has 5 heterocycles. The van der Waals surface area contributed by atoms with Crippen LogP contribution in [0.2, 0.25) is 0 Å². The van der Waals surface area contributed by atoms with Gasteiger partial charge in [-0.05, 0) is 74.6 Å². The molecule has 8 nitrogen and oxygen atoms in total. The van der Waals surface area contributed by atoms with Crippen molar-refractivity contribution < 1.29 is 9.53 Å². The lowest BCUT2D eigenvalue weighted by Gasteiger charge is -2.23. The van der Waals surface area contributed by atoms with E-state index in [0.29, 0.717) is 10.7 Å². The lowest BCUT2D eigenvalue weighted by Crippen LogP contribution is -2.19. The fourth-order valence-electron chi connectivity index (χ4n) is 5.27. The molecule has 39 heavy (non-hydrogen) atoms. The number of benzene rings is 1. The van der Waals surface area contributed by atoms with Gasteiger partial charge in [-0.25, -0.2) is 4.98 Å². The molecule has 1 aromatic carbocycles. The molecule has 0 bridgehead atoms. The Bertz CT molecular complexity index is 1830. The molecule has 7 rings (SSSR count). The molecule has 2 N–H and O–H groups in total. The molecule has 1 aliphatic carbocycles. The van der Waals surface area contributed by atoms with Crippen LogP contribution in [-0.4, -0.2) is 42.0 Å². The highest BCUT2D eigenvalue weighted by Crippen LogP contribution is 2.35. The summed E-state index contributed by atoms with van der Waals surface area (Å²) in [6.45, 7) is 1.57. The van der Waals surface area contributed by atoms with Crippen LogP contribution in [-0.2, 0) is 0 Å². The summed E-state index contributed by atoms with van der Waals surface area (Å²) in [4.78, 5) is 30.8. The van der Waals surface area contributed by atoms with Crippen molar-refractivity contribution in [2.45, 2.75) is 45.1 Å². The zero-order valence-electron chi connectivity index (χ0n) is 21.4. The summed E-state index contributed by atoms with van der Waals surface area (Å²) in [5, 5.41) is 8.69. The predicted molar refractivity (Wildman–Crippen MR) is 153 cm³/mol. The SMILES string of the molecule is CC(=O)c1ccc(-c2nccc3[nH]c(-c4n[nH]c5ccc(-c6cncc(OC7CCCCC7)c6)cc45)nc23)s1. The summed E-state index contributed by atoms with van der Waals surface area (Å²) < 4.78 is 6.26. The van der Waals surface area contributed by atoms with Crippen molar-refractivity contribution >= 4 is 39.1 Å². The van der Waals surface area contributed by atoms with Crippen LogP contribution in [0.3, 0.4) is 0 Å². The van der Waals surface area contributed by atoms with E-state index in [0.717, 1.165) is 67.9 Å². The van der Waals surface area contributed by atoms with Gasteiger partial charge in [0.25, 0.3) is 0 Å². The number of hydrogen-bond acceptors (Lipinski definition) is 7. The lowest BCUT2D eigenvalue weighted by molar-refractivity contribution is 0.102. The van der Waals surface area contributed by atoms with Crippen LogP contribution in [0.1, 0.15) is 48.7 Å². The molecular formula is C30H26N6O2S. The van der Waals surface area contributed by atoms with Crippen molar-refractivity contribution in [3.8, 4) is 39.0 Å². The van der Waals surface area contributed by atoms with Crippen LogP contribution in [0.4, 0.5) is 0 Å². The third kappa shape index (κ3) is 4.48. The highest BCUT2D eigenvalue weighted by molar-refractivity contribution is 7.17. The molecule has 0 amide bonds. The van der Waals surface area contributed by atoms with Crippen molar-refractivity contribution in [1.82, 2.24) is 30.1 Å². The Hall–Kier alpha value is -4.37. The van der Waals surface area contributed by atoms with Crippen molar-refractivity contribution in [2.75, 3.05) is 0 Å². The van der Waals surface area contributed by atoms with Gasteiger partial charge in [-0.1, -0.05) is 12.5 Å². The predicted octanol–water partition coefficient (Wildman–Crippen LogP) is 7.21. The second kappa shape index (κ2) is 9.74. The molecule has 0 aliphatic heterocycles. The van der Waals surface area contributed by atoms with Crippen LogP contribution in [0.5, 0.6) is 5.75 Å².